The van der Waals surface area contributed by atoms with Gasteiger partial charge in [0, 0.05) is 18.1 Å². The molecule has 134 valence electrons. The summed E-state index contributed by atoms with van der Waals surface area (Å²) in [6.45, 7) is 0.988. The Labute approximate surface area is 149 Å². The molecule has 0 amide bonds. The van der Waals surface area contributed by atoms with Gasteiger partial charge in [0.15, 0.2) is 11.5 Å². The molecule has 2 aromatic carbocycles. The number of hydrogen-bond acceptors (Lipinski definition) is 8. The van der Waals surface area contributed by atoms with Gasteiger partial charge in [-0.1, -0.05) is 6.07 Å². The maximum absolute atomic E-state index is 12.6. The molecule has 3 aromatic rings. The minimum Gasteiger partial charge on any atom is -0.490 e. The van der Waals surface area contributed by atoms with Crippen molar-refractivity contribution in [3.8, 4) is 28.7 Å². The van der Waals surface area contributed by atoms with E-state index in [9.17, 15) is 8.42 Å². The maximum Gasteiger partial charge on any atom is 0.339 e. The van der Waals surface area contributed by atoms with Crippen LogP contribution in [0.5, 0.6) is 17.2 Å². The molecule has 2 heterocycles. The van der Waals surface area contributed by atoms with Crippen molar-refractivity contribution >= 4 is 10.1 Å². The van der Waals surface area contributed by atoms with Gasteiger partial charge in [-0.25, -0.2) is 0 Å². The first-order valence-corrected chi connectivity index (χ1v) is 9.23. The summed E-state index contributed by atoms with van der Waals surface area (Å²) < 4.78 is 46.6. The van der Waals surface area contributed by atoms with Crippen LogP contribution >= 0.6 is 0 Å². The molecule has 0 N–H and O–H groups in total. The smallest absolute Gasteiger partial charge is 0.339 e. The van der Waals surface area contributed by atoms with E-state index < -0.39 is 10.1 Å². The SMILES string of the molecule is O=S(=O)(Oc1cccc(-c2nnco2)c1)c1ccc2c(c1)OCCCO2. The topological polar surface area (TPSA) is 101 Å². The summed E-state index contributed by atoms with van der Waals surface area (Å²) in [5, 5.41) is 7.38. The summed E-state index contributed by atoms with van der Waals surface area (Å²) >= 11 is 0. The first-order chi connectivity index (χ1) is 12.6. The average Bonchev–Trinajstić information content (AvgIpc) is 3.07. The zero-order chi connectivity index (χ0) is 18.0. The highest BCUT2D eigenvalue weighted by Gasteiger charge is 2.21. The Kier molecular flexibility index (Phi) is 4.21. The first kappa shape index (κ1) is 16.4. The molecule has 0 spiro atoms. The van der Waals surface area contributed by atoms with Crippen molar-refractivity contribution in [2.24, 2.45) is 0 Å². The number of ether oxygens (including phenoxy) is 2. The zero-order valence-corrected chi connectivity index (χ0v) is 14.3. The highest BCUT2D eigenvalue weighted by molar-refractivity contribution is 7.87. The van der Waals surface area contributed by atoms with Crippen LogP contribution in [0.15, 0.2) is 58.2 Å². The van der Waals surface area contributed by atoms with Gasteiger partial charge in [-0.05, 0) is 30.3 Å². The van der Waals surface area contributed by atoms with E-state index in [0.717, 1.165) is 6.42 Å². The van der Waals surface area contributed by atoms with Crippen molar-refractivity contribution in [2.45, 2.75) is 11.3 Å². The van der Waals surface area contributed by atoms with Crippen LogP contribution < -0.4 is 13.7 Å². The Hall–Kier alpha value is -3.07. The number of fused-ring (bicyclic) bond motifs is 1. The van der Waals surface area contributed by atoms with Crippen LogP contribution in [0.1, 0.15) is 6.42 Å². The molecule has 0 saturated carbocycles. The van der Waals surface area contributed by atoms with Gasteiger partial charge in [0.1, 0.15) is 10.6 Å². The number of rotatable bonds is 4. The average molecular weight is 374 g/mol. The van der Waals surface area contributed by atoms with E-state index >= 15 is 0 Å². The second-order valence-corrected chi connectivity index (χ2v) is 7.01. The van der Waals surface area contributed by atoms with E-state index in [1.807, 2.05) is 0 Å². The molecular weight excluding hydrogens is 360 g/mol. The van der Waals surface area contributed by atoms with Crippen LogP contribution in [-0.2, 0) is 10.1 Å². The Morgan fingerprint density at radius 3 is 2.65 bits per heavy atom. The predicted molar refractivity (Wildman–Crippen MR) is 89.6 cm³/mol. The molecule has 9 heteroatoms. The van der Waals surface area contributed by atoms with E-state index in [0.29, 0.717) is 30.3 Å². The summed E-state index contributed by atoms with van der Waals surface area (Å²) in [5.74, 6) is 1.29. The summed E-state index contributed by atoms with van der Waals surface area (Å²) in [5.41, 5.74) is 0.550. The Morgan fingerprint density at radius 1 is 1.00 bits per heavy atom. The number of aromatic nitrogens is 2. The van der Waals surface area contributed by atoms with Gasteiger partial charge >= 0.3 is 10.1 Å². The minimum absolute atomic E-state index is 0.0232. The third-order valence-corrected chi connectivity index (χ3v) is 4.90. The van der Waals surface area contributed by atoms with Crippen molar-refractivity contribution in [1.29, 1.82) is 0 Å². The lowest BCUT2D eigenvalue weighted by molar-refractivity contribution is 0.296. The fourth-order valence-corrected chi connectivity index (χ4v) is 3.39. The standard InChI is InChI=1S/C17H14N2O6S/c20-26(21,14-5-6-15-16(10-14)23-8-2-7-22-15)25-13-4-1-3-12(9-13)17-19-18-11-24-17/h1,3-6,9-11H,2,7-8H2. The van der Waals surface area contributed by atoms with Gasteiger partial charge in [-0.3, -0.25) is 0 Å². The van der Waals surface area contributed by atoms with Gasteiger partial charge in [0.25, 0.3) is 0 Å². The van der Waals surface area contributed by atoms with E-state index in [1.54, 1.807) is 18.2 Å². The molecule has 4 rings (SSSR count). The van der Waals surface area contributed by atoms with E-state index in [-0.39, 0.29) is 16.5 Å². The van der Waals surface area contributed by atoms with Crippen LogP contribution in [0.2, 0.25) is 0 Å². The molecular formula is C17H14N2O6S. The second kappa shape index (κ2) is 6.68. The first-order valence-electron chi connectivity index (χ1n) is 7.82. The molecule has 0 atom stereocenters. The third kappa shape index (κ3) is 3.33. The van der Waals surface area contributed by atoms with Gasteiger partial charge in [0.2, 0.25) is 12.3 Å². The van der Waals surface area contributed by atoms with Crippen LogP contribution in [0.25, 0.3) is 11.5 Å². The fourth-order valence-electron chi connectivity index (χ4n) is 2.45. The Morgan fingerprint density at radius 2 is 1.85 bits per heavy atom. The molecule has 26 heavy (non-hydrogen) atoms. The van der Waals surface area contributed by atoms with Crippen molar-refractivity contribution in [3.05, 3.63) is 48.9 Å². The van der Waals surface area contributed by atoms with Crippen LogP contribution in [0, 0.1) is 0 Å². The van der Waals surface area contributed by atoms with Gasteiger partial charge in [0.05, 0.1) is 13.2 Å². The van der Waals surface area contributed by atoms with Crippen LogP contribution in [0.3, 0.4) is 0 Å². The number of nitrogens with zero attached hydrogens (tertiary/aromatic N) is 2. The molecule has 1 aliphatic rings. The third-order valence-electron chi connectivity index (χ3n) is 3.65. The molecule has 0 aliphatic carbocycles. The van der Waals surface area contributed by atoms with Gasteiger partial charge in [-0.2, -0.15) is 8.42 Å². The van der Waals surface area contributed by atoms with Crippen molar-refractivity contribution in [3.63, 3.8) is 0 Å². The maximum atomic E-state index is 12.6. The molecule has 0 bridgehead atoms. The highest BCUT2D eigenvalue weighted by Crippen LogP contribution is 2.33. The molecule has 1 aromatic heterocycles. The number of benzene rings is 2. The Balaban J connectivity index is 1.62. The lowest BCUT2D eigenvalue weighted by Gasteiger charge is -2.11. The molecule has 8 nitrogen and oxygen atoms in total. The fraction of sp³-hybridized carbons (Fsp3) is 0.176. The predicted octanol–water partition coefficient (Wildman–Crippen LogP) is 2.67. The quantitative estimate of drug-likeness (QED) is 0.643. The molecule has 0 fully saturated rings. The van der Waals surface area contributed by atoms with E-state index in [2.05, 4.69) is 10.2 Å². The highest BCUT2D eigenvalue weighted by atomic mass is 32.2. The lowest BCUT2D eigenvalue weighted by Crippen LogP contribution is -2.10. The molecule has 0 saturated heterocycles. The van der Waals surface area contributed by atoms with Crippen molar-refractivity contribution < 1.29 is 26.5 Å². The summed E-state index contributed by atoms with van der Waals surface area (Å²) in [4.78, 5) is -0.0232. The van der Waals surface area contributed by atoms with Crippen molar-refractivity contribution in [2.75, 3.05) is 13.2 Å². The monoisotopic (exact) mass is 374 g/mol. The Bertz CT molecular complexity index is 1020. The summed E-state index contributed by atoms with van der Waals surface area (Å²) in [6, 6.07) is 10.8. The van der Waals surface area contributed by atoms with Gasteiger partial charge in [-0.15, -0.1) is 10.2 Å². The second-order valence-electron chi connectivity index (χ2n) is 5.47. The molecule has 0 radical (unpaired) electrons. The normalized spacial score (nSPS) is 13.8. The van der Waals surface area contributed by atoms with Crippen molar-refractivity contribution in [1.82, 2.24) is 10.2 Å². The van der Waals surface area contributed by atoms with E-state index in [4.69, 9.17) is 18.1 Å². The minimum atomic E-state index is -4.05. The summed E-state index contributed by atoms with van der Waals surface area (Å²) in [7, 11) is -4.05. The zero-order valence-electron chi connectivity index (χ0n) is 13.5. The summed E-state index contributed by atoms with van der Waals surface area (Å²) in [6.07, 6.45) is 1.92. The van der Waals surface area contributed by atoms with Crippen LogP contribution in [0.4, 0.5) is 0 Å². The molecule has 0 unspecified atom stereocenters. The van der Waals surface area contributed by atoms with E-state index in [1.165, 1.54) is 30.7 Å². The number of hydrogen-bond donors (Lipinski definition) is 0. The van der Waals surface area contributed by atoms with Crippen LogP contribution in [-0.4, -0.2) is 31.8 Å². The van der Waals surface area contributed by atoms with Gasteiger partial charge < -0.3 is 18.1 Å². The lowest BCUT2D eigenvalue weighted by atomic mass is 10.2. The largest absolute Gasteiger partial charge is 0.490 e. The molecule has 1 aliphatic heterocycles.